The van der Waals surface area contributed by atoms with E-state index in [9.17, 15) is 0 Å². The van der Waals surface area contributed by atoms with E-state index in [4.69, 9.17) is 4.74 Å². The molecule has 2 aliphatic rings. The number of aromatic nitrogens is 2. The van der Waals surface area contributed by atoms with Crippen molar-refractivity contribution in [3.63, 3.8) is 0 Å². The lowest BCUT2D eigenvalue weighted by molar-refractivity contribution is 0.177. The predicted molar refractivity (Wildman–Crippen MR) is 75.0 cm³/mol. The van der Waals surface area contributed by atoms with Gasteiger partial charge in [0, 0.05) is 32.0 Å². The molecule has 1 aromatic rings. The van der Waals surface area contributed by atoms with Crippen LogP contribution in [0.4, 0.5) is 5.82 Å². The first-order valence-electron chi connectivity index (χ1n) is 6.99. The lowest BCUT2D eigenvalue weighted by Crippen LogP contribution is -2.22. The molecule has 1 aromatic heterocycles. The summed E-state index contributed by atoms with van der Waals surface area (Å²) in [6, 6.07) is 2.09. The second kappa shape index (κ2) is 5.29. The van der Waals surface area contributed by atoms with Gasteiger partial charge in [0.15, 0.2) is 5.82 Å². The molecule has 0 radical (unpaired) electrons. The zero-order valence-electron chi connectivity index (χ0n) is 11.7. The molecular formula is C15H21N3O. The second-order valence-corrected chi connectivity index (χ2v) is 5.58. The average molecular weight is 259 g/mol. The molecule has 3 rings (SSSR count). The third-order valence-corrected chi connectivity index (χ3v) is 4.11. The van der Waals surface area contributed by atoms with Gasteiger partial charge < -0.3 is 9.64 Å². The molecule has 0 saturated carbocycles. The summed E-state index contributed by atoms with van der Waals surface area (Å²) in [6.07, 6.45) is 7.09. The van der Waals surface area contributed by atoms with Gasteiger partial charge in [0.05, 0.1) is 0 Å². The molecule has 0 N–H and O–H groups in total. The number of nitrogens with zero attached hydrogens (tertiary/aromatic N) is 3. The van der Waals surface area contributed by atoms with Crippen LogP contribution in [-0.2, 0) is 11.3 Å². The maximum Gasteiger partial charge on any atom is 0.156 e. The molecule has 102 valence electrons. The van der Waals surface area contributed by atoms with Gasteiger partial charge in [0.25, 0.3) is 0 Å². The minimum atomic E-state index is 0.483. The molecule has 19 heavy (non-hydrogen) atoms. The molecule has 4 nitrogen and oxygen atoms in total. The molecule has 1 fully saturated rings. The molecule has 1 aliphatic carbocycles. The van der Waals surface area contributed by atoms with E-state index >= 15 is 0 Å². The van der Waals surface area contributed by atoms with Crippen molar-refractivity contribution < 1.29 is 4.74 Å². The van der Waals surface area contributed by atoms with Crippen molar-refractivity contribution in [2.24, 2.45) is 11.8 Å². The van der Waals surface area contributed by atoms with Gasteiger partial charge in [-0.3, -0.25) is 0 Å². The van der Waals surface area contributed by atoms with Crippen molar-refractivity contribution in [3.8, 4) is 0 Å². The highest BCUT2D eigenvalue weighted by molar-refractivity contribution is 5.41. The van der Waals surface area contributed by atoms with Gasteiger partial charge in [-0.25, -0.2) is 9.97 Å². The monoisotopic (exact) mass is 259 g/mol. The highest BCUT2D eigenvalue weighted by atomic mass is 16.5. The van der Waals surface area contributed by atoms with E-state index < -0.39 is 0 Å². The molecule has 0 spiro atoms. The van der Waals surface area contributed by atoms with E-state index in [-0.39, 0.29) is 0 Å². The van der Waals surface area contributed by atoms with Crippen LogP contribution in [0.5, 0.6) is 0 Å². The Balaban J connectivity index is 1.79. The third-order valence-electron chi connectivity index (χ3n) is 4.11. The minimum absolute atomic E-state index is 0.483. The fourth-order valence-corrected chi connectivity index (χ4v) is 3.17. The fraction of sp³-hybridized carbons (Fsp3) is 0.600. The van der Waals surface area contributed by atoms with Gasteiger partial charge in [-0.2, -0.15) is 0 Å². The first kappa shape index (κ1) is 12.6. The zero-order chi connectivity index (χ0) is 13.2. The van der Waals surface area contributed by atoms with Crippen LogP contribution in [0, 0.1) is 18.8 Å². The SMILES string of the molecule is COCc1nc(C)cc(N2C[C@@H]3CC=CC[C@H]3C2)n1. The Hall–Kier alpha value is -1.42. The quantitative estimate of drug-likeness (QED) is 0.781. The number of hydrogen-bond donors (Lipinski definition) is 0. The Morgan fingerprint density at radius 3 is 2.53 bits per heavy atom. The number of methoxy groups -OCH3 is 1. The van der Waals surface area contributed by atoms with Crippen LogP contribution >= 0.6 is 0 Å². The number of ether oxygens (including phenoxy) is 1. The van der Waals surface area contributed by atoms with E-state index in [2.05, 4.69) is 33.1 Å². The Morgan fingerprint density at radius 2 is 1.89 bits per heavy atom. The summed E-state index contributed by atoms with van der Waals surface area (Å²) >= 11 is 0. The van der Waals surface area contributed by atoms with Crippen LogP contribution in [0.15, 0.2) is 18.2 Å². The van der Waals surface area contributed by atoms with Gasteiger partial charge in [0.1, 0.15) is 12.4 Å². The van der Waals surface area contributed by atoms with Gasteiger partial charge in [-0.1, -0.05) is 12.2 Å². The Bertz CT molecular complexity index is 470. The van der Waals surface area contributed by atoms with Crippen molar-refractivity contribution >= 4 is 5.82 Å². The van der Waals surface area contributed by atoms with Crippen LogP contribution in [0.1, 0.15) is 24.4 Å². The number of allylic oxidation sites excluding steroid dienone is 2. The first-order valence-corrected chi connectivity index (χ1v) is 6.99. The van der Waals surface area contributed by atoms with E-state index in [1.165, 1.54) is 12.8 Å². The number of fused-ring (bicyclic) bond motifs is 1. The van der Waals surface area contributed by atoms with Crippen LogP contribution in [0.2, 0.25) is 0 Å². The molecule has 0 amide bonds. The molecule has 2 heterocycles. The Labute approximate surface area is 114 Å². The molecule has 1 saturated heterocycles. The lowest BCUT2D eigenvalue weighted by Gasteiger charge is -2.18. The summed E-state index contributed by atoms with van der Waals surface area (Å²) in [7, 11) is 1.68. The molecule has 2 atom stereocenters. The number of anilines is 1. The van der Waals surface area contributed by atoms with Gasteiger partial charge in [0.2, 0.25) is 0 Å². The minimum Gasteiger partial charge on any atom is -0.377 e. The highest BCUT2D eigenvalue weighted by Crippen LogP contribution is 2.34. The molecule has 0 bridgehead atoms. The van der Waals surface area contributed by atoms with Crippen LogP contribution in [-0.4, -0.2) is 30.2 Å². The average Bonchev–Trinajstić information content (AvgIpc) is 2.82. The number of rotatable bonds is 3. The molecule has 0 aromatic carbocycles. The summed E-state index contributed by atoms with van der Waals surface area (Å²) in [6.45, 7) is 4.75. The summed E-state index contributed by atoms with van der Waals surface area (Å²) in [5.74, 6) is 3.44. The zero-order valence-corrected chi connectivity index (χ0v) is 11.7. The third kappa shape index (κ3) is 2.63. The maximum absolute atomic E-state index is 5.14. The summed E-state index contributed by atoms with van der Waals surface area (Å²) < 4.78 is 5.14. The summed E-state index contributed by atoms with van der Waals surface area (Å²) in [5.41, 5.74) is 1.02. The van der Waals surface area contributed by atoms with E-state index in [0.29, 0.717) is 6.61 Å². The normalized spacial score (nSPS) is 25.7. The van der Waals surface area contributed by atoms with Crippen molar-refractivity contribution in [2.45, 2.75) is 26.4 Å². The fourth-order valence-electron chi connectivity index (χ4n) is 3.17. The topological polar surface area (TPSA) is 38.2 Å². The van der Waals surface area contributed by atoms with Crippen molar-refractivity contribution in [1.29, 1.82) is 0 Å². The summed E-state index contributed by atoms with van der Waals surface area (Å²) in [5, 5.41) is 0. The Kier molecular flexibility index (Phi) is 3.51. The van der Waals surface area contributed by atoms with E-state index in [1.54, 1.807) is 7.11 Å². The summed E-state index contributed by atoms with van der Waals surface area (Å²) in [4.78, 5) is 11.5. The first-order chi connectivity index (χ1) is 9.26. The standard InChI is InChI=1S/C15H21N3O/c1-11-7-15(17-14(16-11)10-19-2)18-8-12-5-3-4-6-13(12)9-18/h3-4,7,12-13H,5-6,8-10H2,1-2H3/t12-,13-/m0/s1. The van der Waals surface area contributed by atoms with Crippen LogP contribution in [0.25, 0.3) is 0 Å². The second-order valence-electron chi connectivity index (χ2n) is 5.58. The lowest BCUT2D eigenvalue weighted by atomic mass is 9.86. The molecular weight excluding hydrogens is 238 g/mol. The number of hydrogen-bond acceptors (Lipinski definition) is 4. The van der Waals surface area contributed by atoms with Crippen LogP contribution < -0.4 is 4.90 Å². The molecule has 1 aliphatic heterocycles. The largest absolute Gasteiger partial charge is 0.377 e. The highest BCUT2D eigenvalue weighted by Gasteiger charge is 2.33. The Morgan fingerprint density at radius 1 is 1.21 bits per heavy atom. The van der Waals surface area contributed by atoms with Crippen LogP contribution in [0.3, 0.4) is 0 Å². The van der Waals surface area contributed by atoms with E-state index in [1.807, 2.05) is 6.92 Å². The van der Waals surface area contributed by atoms with Crippen molar-refractivity contribution in [3.05, 3.63) is 29.7 Å². The van der Waals surface area contributed by atoms with Gasteiger partial charge in [-0.05, 0) is 31.6 Å². The van der Waals surface area contributed by atoms with Crippen molar-refractivity contribution in [1.82, 2.24) is 9.97 Å². The molecule has 0 unspecified atom stereocenters. The molecule has 4 heteroatoms. The number of aryl methyl sites for hydroxylation is 1. The predicted octanol–water partition coefficient (Wildman–Crippen LogP) is 2.33. The van der Waals surface area contributed by atoms with Crippen molar-refractivity contribution in [2.75, 3.05) is 25.1 Å². The van der Waals surface area contributed by atoms with E-state index in [0.717, 1.165) is 42.3 Å². The van der Waals surface area contributed by atoms with Gasteiger partial charge in [-0.15, -0.1) is 0 Å². The smallest absolute Gasteiger partial charge is 0.156 e. The van der Waals surface area contributed by atoms with Gasteiger partial charge >= 0.3 is 0 Å². The maximum atomic E-state index is 5.14.